The third-order valence-electron chi connectivity index (χ3n) is 3.37. The normalized spacial score (nSPS) is 23.1. The largest absolute Gasteiger partial charge is 0.304 e. The third kappa shape index (κ3) is 4.19. The maximum Gasteiger partial charge on any atom is 0.254 e. The summed E-state index contributed by atoms with van der Waals surface area (Å²) in [6, 6.07) is 8.01. The fourth-order valence-corrected chi connectivity index (χ4v) is 2.19. The maximum absolute atomic E-state index is 11.4. The number of nitrogens with one attached hydrogen (secondary N) is 3. The lowest BCUT2D eigenvalue weighted by Crippen LogP contribution is -2.59. The molecule has 0 radical (unpaired) electrons. The van der Waals surface area contributed by atoms with Gasteiger partial charge in [-0.2, -0.15) is 5.10 Å². The molecule has 2 rings (SSSR count). The number of nitrogens with zero attached hydrogens (tertiary/aromatic N) is 1. The zero-order valence-corrected chi connectivity index (χ0v) is 13.2. The summed E-state index contributed by atoms with van der Waals surface area (Å²) in [7, 11) is 0. The number of carbonyl (C=O) groups is 1. The minimum absolute atomic E-state index is 0.140. The SMILES string of the molecule is CC(C)(C)c1ccc(/C=N\NC2CNNC(=O)C2Cl)cc1. The predicted octanol–water partition coefficient (Wildman–Crippen LogP) is 1.52. The lowest BCUT2D eigenvalue weighted by atomic mass is 9.87. The van der Waals surface area contributed by atoms with Gasteiger partial charge >= 0.3 is 0 Å². The quantitative estimate of drug-likeness (QED) is 0.450. The summed E-state index contributed by atoms with van der Waals surface area (Å²) in [6.45, 7) is 7.07. The van der Waals surface area contributed by atoms with E-state index in [-0.39, 0.29) is 17.4 Å². The molecular weight excluding hydrogens is 288 g/mol. The molecular formula is C15H21ClN4O. The Morgan fingerprint density at radius 3 is 2.62 bits per heavy atom. The van der Waals surface area contributed by atoms with Crippen molar-refractivity contribution in [2.45, 2.75) is 37.6 Å². The zero-order valence-electron chi connectivity index (χ0n) is 12.5. The van der Waals surface area contributed by atoms with Gasteiger partial charge < -0.3 is 5.43 Å². The van der Waals surface area contributed by atoms with Crippen LogP contribution in [-0.4, -0.2) is 30.1 Å². The van der Waals surface area contributed by atoms with Crippen molar-refractivity contribution < 1.29 is 4.79 Å². The Hall–Kier alpha value is -1.59. The Bertz CT molecular complexity index is 521. The first-order chi connectivity index (χ1) is 9.88. The molecule has 6 heteroatoms. The highest BCUT2D eigenvalue weighted by atomic mass is 35.5. The smallest absolute Gasteiger partial charge is 0.254 e. The molecule has 0 spiro atoms. The Kier molecular flexibility index (Phi) is 4.85. The molecule has 1 heterocycles. The van der Waals surface area contributed by atoms with E-state index in [4.69, 9.17) is 11.6 Å². The fraction of sp³-hybridized carbons (Fsp3) is 0.467. The number of hydrazone groups is 1. The summed E-state index contributed by atoms with van der Waals surface area (Å²) in [4.78, 5) is 11.4. The Balaban J connectivity index is 1.94. The lowest BCUT2D eigenvalue weighted by molar-refractivity contribution is -0.123. The highest BCUT2D eigenvalue weighted by Gasteiger charge is 2.29. The first-order valence-corrected chi connectivity index (χ1v) is 7.37. The van der Waals surface area contributed by atoms with Crippen molar-refractivity contribution in [1.82, 2.24) is 16.3 Å². The summed E-state index contributed by atoms with van der Waals surface area (Å²) >= 11 is 6.00. The molecule has 1 saturated heterocycles. The first-order valence-electron chi connectivity index (χ1n) is 6.94. The molecule has 21 heavy (non-hydrogen) atoms. The van der Waals surface area contributed by atoms with Gasteiger partial charge in [0.2, 0.25) is 0 Å². The number of alkyl halides is 1. The van der Waals surface area contributed by atoms with Crippen LogP contribution in [0.2, 0.25) is 0 Å². The molecule has 0 bridgehead atoms. The number of hydrogen-bond acceptors (Lipinski definition) is 4. The molecule has 1 aliphatic heterocycles. The summed E-state index contributed by atoms with van der Waals surface area (Å²) in [5.41, 5.74) is 10.6. The highest BCUT2D eigenvalue weighted by molar-refractivity contribution is 6.31. The van der Waals surface area contributed by atoms with Crippen molar-refractivity contribution in [3.8, 4) is 0 Å². The van der Waals surface area contributed by atoms with Gasteiger partial charge in [-0.15, -0.1) is 11.6 Å². The number of rotatable bonds is 3. The summed E-state index contributed by atoms with van der Waals surface area (Å²) in [5, 5.41) is 3.53. The molecule has 1 amide bonds. The summed E-state index contributed by atoms with van der Waals surface area (Å²) in [6.07, 6.45) is 1.72. The maximum atomic E-state index is 11.4. The van der Waals surface area contributed by atoms with Crippen molar-refractivity contribution in [3.05, 3.63) is 35.4 Å². The first kappa shape index (κ1) is 15.8. The van der Waals surface area contributed by atoms with E-state index in [1.165, 1.54) is 5.56 Å². The van der Waals surface area contributed by atoms with E-state index < -0.39 is 5.38 Å². The third-order valence-corrected chi connectivity index (χ3v) is 3.87. The second-order valence-corrected chi connectivity index (χ2v) is 6.61. The van der Waals surface area contributed by atoms with Crippen LogP contribution in [0.3, 0.4) is 0 Å². The molecule has 1 fully saturated rings. The van der Waals surface area contributed by atoms with Gasteiger partial charge in [0, 0.05) is 6.54 Å². The number of amides is 1. The minimum Gasteiger partial charge on any atom is -0.304 e. The van der Waals surface area contributed by atoms with E-state index in [9.17, 15) is 4.79 Å². The van der Waals surface area contributed by atoms with Crippen LogP contribution in [0.15, 0.2) is 29.4 Å². The van der Waals surface area contributed by atoms with Crippen LogP contribution in [0, 0.1) is 0 Å². The Labute approximate surface area is 130 Å². The monoisotopic (exact) mass is 308 g/mol. The van der Waals surface area contributed by atoms with Crippen LogP contribution >= 0.6 is 11.6 Å². The van der Waals surface area contributed by atoms with E-state index in [1.807, 2.05) is 12.1 Å². The van der Waals surface area contributed by atoms with E-state index >= 15 is 0 Å². The van der Waals surface area contributed by atoms with Gasteiger partial charge in [-0.3, -0.25) is 10.2 Å². The molecule has 0 saturated carbocycles. The van der Waals surface area contributed by atoms with Crippen LogP contribution in [-0.2, 0) is 10.2 Å². The lowest BCUT2D eigenvalue weighted by Gasteiger charge is -2.26. The van der Waals surface area contributed by atoms with Gasteiger partial charge in [-0.1, -0.05) is 45.0 Å². The average molecular weight is 309 g/mol. The number of benzene rings is 1. The van der Waals surface area contributed by atoms with Crippen molar-refractivity contribution >= 4 is 23.7 Å². The van der Waals surface area contributed by atoms with Crippen molar-refractivity contribution in [3.63, 3.8) is 0 Å². The molecule has 3 N–H and O–H groups in total. The van der Waals surface area contributed by atoms with Crippen LogP contribution in [0.25, 0.3) is 0 Å². The molecule has 2 unspecified atom stereocenters. The van der Waals surface area contributed by atoms with Crippen LogP contribution in [0.5, 0.6) is 0 Å². The van der Waals surface area contributed by atoms with Gasteiger partial charge in [0.15, 0.2) is 0 Å². The van der Waals surface area contributed by atoms with Crippen LogP contribution < -0.4 is 16.3 Å². The molecule has 0 aliphatic carbocycles. The van der Waals surface area contributed by atoms with Gasteiger partial charge in [0.05, 0.1) is 12.3 Å². The standard InChI is InChI=1S/C15H21ClN4O/c1-15(2,3)11-6-4-10(5-7-11)8-17-19-12-9-18-20-14(21)13(12)16/h4-8,12-13,18-19H,9H2,1-3H3,(H,20,21)/b17-8-. The van der Waals surface area contributed by atoms with Crippen molar-refractivity contribution in [2.75, 3.05) is 6.54 Å². The number of halogens is 1. The van der Waals surface area contributed by atoms with Gasteiger partial charge in [-0.05, 0) is 16.5 Å². The van der Waals surface area contributed by atoms with Gasteiger partial charge in [0.25, 0.3) is 5.91 Å². The summed E-state index contributed by atoms with van der Waals surface area (Å²) < 4.78 is 0. The number of carbonyl (C=O) groups excluding carboxylic acids is 1. The Morgan fingerprint density at radius 1 is 1.33 bits per heavy atom. The molecule has 5 nitrogen and oxygen atoms in total. The number of hydrazine groups is 1. The zero-order chi connectivity index (χ0) is 15.5. The fourth-order valence-electron chi connectivity index (χ4n) is 1.99. The predicted molar refractivity (Wildman–Crippen MR) is 85.4 cm³/mol. The topological polar surface area (TPSA) is 65.5 Å². The van der Waals surface area contributed by atoms with Crippen molar-refractivity contribution in [1.29, 1.82) is 0 Å². The van der Waals surface area contributed by atoms with Crippen LogP contribution in [0.1, 0.15) is 31.9 Å². The Morgan fingerprint density at radius 2 is 2.00 bits per heavy atom. The van der Waals surface area contributed by atoms with Gasteiger partial charge in [0.1, 0.15) is 5.38 Å². The minimum atomic E-state index is -0.633. The van der Waals surface area contributed by atoms with E-state index in [1.54, 1.807) is 6.21 Å². The second-order valence-electron chi connectivity index (χ2n) is 6.14. The molecule has 2 atom stereocenters. The molecule has 0 aromatic heterocycles. The molecule has 114 valence electrons. The van der Waals surface area contributed by atoms with Gasteiger partial charge in [-0.25, -0.2) is 5.43 Å². The molecule has 1 aliphatic rings. The summed E-state index contributed by atoms with van der Waals surface area (Å²) in [5.74, 6) is -0.245. The van der Waals surface area contributed by atoms with Crippen LogP contribution in [0.4, 0.5) is 0 Å². The van der Waals surface area contributed by atoms with E-state index in [0.717, 1.165) is 5.56 Å². The van der Waals surface area contributed by atoms with E-state index in [2.05, 4.69) is 54.3 Å². The highest BCUT2D eigenvalue weighted by Crippen LogP contribution is 2.21. The second kappa shape index (κ2) is 6.45. The number of hydrogen-bond donors (Lipinski definition) is 3. The average Bonchev–Trinajstić information content (AvgIpc) is 2.43. The van der Waals surface area contributed by atoms with E-state index in [0.29, 0.717) is 6.54 Å². The molecule has 1 aromatic carbocycles. The van der Waals surface area contributed by atoms with Crippen molar-refractivity contribution in [2.24, 2.45) is 5.10 Å². The molecule has 1 aromatic rings.